The minimum atomic E-state index is -0.0693. The molecule has 1 fully saturated rings. The van der Waals surface area contributed by atoms with Crippen LogP contribution in [0.1, 0.15) is 11.1 Å². The normalized spacial score (nSPS) is 18.2. The summed E-state index contributed by atoms with van der Waals surface area (Å²) in [5.41, 5.74) is 2.27. The van der Waals surface area contributed by atoms with E-state index in [0.29, 0.717) is 26.3 Å². The average Bonchev–Trinajstić information content (AvgIpc) is 2.60. The summed E-state index contributed by atoms with van der Waals surface area (Å²) in [6.45, 7) is 2.38. The molecule has 2 aromatic carbocycles. The highest BCUT2D eigenvalue weighted by molar-refractivity contribution is 5.78. The van der Waals surface area contributed by atoms with Gasteiger partial charge in [0.15, 0.2) is 0 Å². The van der Waals surface area contributed by atoms with Crippen molar-refractivity contribution in [3.8, 4) is 0 Å². The molecule has 0 aromatic heterocycles. The molecule has 1 amide bonds. The fraction of sp³-hybridized carbons (Fsp3) is 0.316. The Balaban J connectivity index is 1.48. The Morgan fingerprint density at radius 1 is 1.00 bits per heavy atom. The highest BCUT2D eigenvalue weighted by Gasteiger charge is 2.26. The second kappa shape index (κ2) is 7.90. The van der Waals surface area contributed by atoms with Gasteiger partial charge in [-0.05, 0) is 11.1 Å². The Labute approximate surface area is 136 Å². The standard InChI is InChI=1S/C19H21NO3/c21-19-15-23-18(14-22-13-17-9-5-2-6-10-17)12-20(19)11-16-7-3-1-4-8-16/h1-10,18H,11-15H2/t18-/m1/s1. The zero-order valence-corrected chi connectivity index (χ0v) is 13.1. The Bertz CT molecular complexity index is 615. The molecule has 0 aliphatic carbocycles. The van der Waals surface area contributed by atoms with Crippen LogP contribution in [0.5, 0.6) is 0 Å². The van der Waals surface area contributed by atoms with Gasteiger partial charge in [-0.15, -0.1) is 0 Å². The van der Waals surface area contributed by atoms with E-state index in [1.165, 1.54) is 0 Å². The molecule has 23 heavy (non-hydrogen) atoms. The Morgan fingerprint density at radius 3 is 2.35 bits per heavy atom. The third-order valence-corrected chi connectivity index (χ3v) is 3.85. The fourth-order valence-electron chi connectivity index (χ4n) is 2.62. The van der Waals surface area contributed by atoms with Gasteiger partial charge < -0.3 is 14.4 Å². The number of morpholine rings is 1. The number of benzene rings is 2. The predicted molar refractivity (Wildman–Crippen MR) is 87.7 cm³/mol. The molecule has 0 N–H and O–H groups in total. The third kappa shape index (κ3) is 4.65. The van der Waals surface area contributed by atoms with E-state index in [1.807, 2.05) is 65.6 Å². The van der Waals surface area contributed by atoms with E-state index in [2.05, 4.69) is 0 Å². The number of amides is 1. The summed E-state index contributed by atoms with van der Waals surface area (Å²) in [6.07, 6.45) is -0.0693. The highest BCUT2D eigenvalue weighted by Crippen LogP contribution is 2.12. The van der Waals surface area contributed by atoms with Crippen molar-refractivity contribution in [2.45, 2.75) is 19.3 Å². The van der Waals surface area contributed by atoms with Crippen molar-refractivity contribution < 1.29 is 14.3 Å². The quantitative estimate of drug-likeness (QED) is 0.823. The van der Waals surface area contributed by atoms with Gasteiger partial charge in [-0.2, -0.15) is 0 Å². The van der Waals surface area contributed by atoms with E-state index < -0.39 is 0 Å². The number of hydrogen-bond acceptors (Lipinski definition) is 3. The van der Waals surface area contributed by atoms with Crippen LogP contribution in [0.3, 0.4) is 0 Å². The second-order valence-corrected chi connectivity index (χ2v) is 5.69. The Kier molecular flexibility index (Phi) is 5.40. The molecular formula is C19H21NO3. The zero-order valence-electron chi connectivity index (χ0n) is 13.1. The van der Waals surface area contributed by atoms with E-state index in [0.717, 1.165) is 11.1 Å². The van der Waals surface area contributed by atoms with Gasteiger partial charge >= 0.3 is 0 Å². The van der Waals surface area contributed by atoms with Gasteiger partial charge in [-0.1, -0.05) is 60.7 Å². The minimum Gasteiger partial charge on any atom is -0.374 e. The lowest BCUT2D eigenvalue weighted by atomic mass is 10.2. The Morgan fingerprint density at radius 2 is 1.65 bits per heavy atom. The summed E-state index contributed by atoms with van der Waals surface area (Å²) in [7, 11) is 0. The number of ether oxygens (including phenoxy) is 2. The summed E-state index contributed by atoms with van der Waals surface area (Å²) in [5, 5.41) is 0. The van der Waals surface area contributed by atoms with E-state index in [1.54, 1.807) is 0 Å². The second-order valence-electron chi connectivity index (χ2n) is 5.69. The molecule has 1 atom stereocenters. The lowest BCUT2D eigenvalue weighted by Crippen LogP contribution is -2.47. The average molecular weight is 311 g/mol. The predicted octanol–water partition coefficient (Wildman–Crippen LogP) is 2.63. The van der Waals surface area contributed by atoms with E-state index in [9.17, 15) is 4.79 Å². The van der Waals surface area contributed by atoms with Gasteiger partial charge in [-0.3, -0.25) is 4.79 Å². The van der Waals surface area contributed by atoms with Crippen LogP contribution in [0.2, 0.25) is 0 Å². The zero-order chi connectivity index (χ0) is 15.9. The summed E-state index contributed by atoms with van der Waals surface area (Å²) < 4.78 is 11.3. The summed E-state index contributed by atoms with van der Waals surface area (Å²) >= 11 is 0. The van der Waals surface area contributed by atoms with Crippen molar-refractivity contribution in [3.63, 3.8) is 0 Å². The van der Waals surface area contributed by atoms with Gasteiger partial charge in [-0.25, -0.2) is 0 Å². The molecule has 120 valence electrons. The van der Waals surface area contributed by atoms with Gasteiger partial charge in [0.1, 0.15) is 6.61 Å². The molecule has 3 rings (SSSR count). The monoisotopic (exact) mass is 311 g/mol. The molecule has 0 spiro atoms. The SMILES string of the molecule is O=C1CO[C@@H](COCc2ccccc2)CN1Cc1ccccc1. The van der Waals surface area contributed by atoms with Crippen LogP contribution < -0.4 is 0 Å². The van der Waals surface area contributed by atoms with Crippen LogP contribution in [0.15, 0.2) is 60.7 Å². The number of rotatable bonds is 6. The minimum absolute atomic E-state index is 0.0353. The maximum Gasteiger partial charge on any atom is 0.248 e. The first-order valence-corrected chi connectivity index (χ1v) is 7.86. The van der Waals surface area contributed by atoms with Crippen LogP contribution in [0.4, 0.5) is 0 Å². The van der Waals surface area contributed by atoms with Crippen LogP contribution in [0.25, 0.3) is 0 Å². The molecule has 0 bridgehead atoms. The summed E-state index contributed by atoms with van der Waals surface area (Å²) in [4.78, 5) is 13.8. The van der Waals surface area contributed by atoms with Crippen LogP contribution in [-0.4, -0.2) is 36.7 Å². The molecule has 4 heteroatoms. The lowest BCUT2D eigenvalue weighted by molar-refractivity contribution is -0.153. The molecule has 1 aliphatic heterocycles. The smallest absolute Gasteiger partial charge is 0.248 e. The van der Waals surface area contributed by atoms with Crippen LogP contribution in [-0.2, 0) is 27.4 Å². The van der Waals surface area contributed by atoms with E-state index in [-0.39, 0.29) is 18.6 Å². The molecule has 4 nitrogen and oxygen atoms in total. The molecule has 1 aliphatic rings. The van der Waals surface area contributed by atoms with Gasteiger partial charge in [0.25, 0.3) is 0 Å². The van der Waals surface area contributed by atoms with Crippen molar-refractivity contribution in [2.24, 2.45) is 0 Å². The summed E-state index contributed by atoms with van der Waals surface area (Å²) in [5.74, 6) is 0.0353. The van der Waals surface area contributed by atoms with Crippen molar-refractivity contribution in [3.05, 3.63) is 71.8 Å². The van der Waals surface area contributed by atoms with Crippen LogP contribution >= 0.6 is 0 Å². The molecule has 0 saturated carbocycles. The number of carbonyl (C=O) groups excluding carboxylic acids is 1. The Hall–Kier alpha value is -2.17. The van der Waals surface area contributed by atoms with E-state index >= 15 is 0 Å². The maximum atomic E-state index is 12.0. The van der Waals surface area contributed by atoms with Gasteiger partial charge in [0, 0.05) is 13.1 Å². The van der Waals surface area contributed by atoms with Crippen molar-refractivity contribution in [2.75, 3.05) is 19.8 Å². The first kappa shape index (κ1) is 15.7. The first-order chi connectivity index (χ1) is 11.3. The largest absolute Gasteiger partial charge is 0.374 e. The number of nitrogens with zero attached hydrogens (tertiary/aromatic N) is 1. The number of hydrogen-bond donors (Lipinski definition) is 0. The highest BCUT2D eigenvalue weighted by atomic mass is 16.5. The third-order valence-electron chi connectivity index (χ3n) is 3.85. The van der Waals surface area contributed by atoms with Crippen molar-refractivity contribution in [1.82, 2.24) is 4.90 Å². The maximum absolute atomic E-state index is 12.0. The van der Waals surface area contributed by atoms with Crippen molar-refractivity contribution in [1.29, 1.82) is 0 Å². The molecule has 0 unspecified atom stereocenters. The summed E-state index contributed by atoms with van der Waals surface area (Å²) in [6, 6.07) is 20.1. The first-order valence-electron chi connectivity index (χ1n) is 7.86. The molecule has 2 aromatic rings. The molecule has 1 heterocycles. The lowest BCUT2D eigenvalue weighted by Gasteiger charge is -2.32. The molecular weight excluding hydrogens is 290 g/mol. The topological polar surface area (TPSA) is 38.8 Å². The number of carbonyl (C=O) groups is 1. The molecule has 1 saturated heterocycles. The van der Waals surface area contributed by atoms with E-state index in [4.69, 9.17) is 9.47 Å². The molecule has 0 radical (unpaired) electrons. The van der Waals surface area contributed by atoms with Gasteiger partial charge in [0.05, 0.1) is 19.3 Å². The van der Waals surface area contributed by atoms with Crippen LogP contribution in [0, 0.1) is 0 Å². The fourth-order valence-corrected chi connectivity index (χ4v) is 2.62. The van der Waals surface area contributed by atoms with Gasteiger partial charge in [0.2, 0.25) is 5.91 Å². The van der Waals surface area contributed by atoms with Crippen molar-refractivity contribution >= 4 is 5.91 Å².